The van der Waals surface area contributed by atoms with Gasteiger partial charge in [0.2, 0.25) is 5.91 Å². The minimum Gasteiger partial charge on any atom is -0.495 e. The maximum atomic E-state index is 13.0. The summed E-state index contributed by atoms with van der Waals surface area (Å²) in [7, 11) is -0.605. The molecule has 0 unspecified atom stereocenters. The molecule has 30 heavy (non-hydrogen) atoms. The van der Waals surface area contributed by atoms with Crippen LogP contribution in [0.4, 0.5) is 4.39 Å². The van der Waals surface area contributed by atoms with Gasteiger partial charge in [-0.2, -0.15) is 4.99 Å². The fourth-order valence-corrected chi connectivity index (χ4v) is 5.43. The second-order valence-electron chi connectivity index (χ2n) is 6.31. The predicted molar refractivity (Wildman–Crippen MR) is 112 cm³/mol. The number of sulfone groups is 1. The summed E-state index contributed by atoms with van der Waals surface area (Å²) in [6, 6.07) is 8.06. The van der Waals surface area contributed by atoms with Crippen molar-refractivity contribution in [3.05, 3.63) is 47.0 Å². The Bertz CT molecular complexity index is 1240. The summed E-state index contributed by atoms with van der Waals surface area (Å²) in [4.78, 5) is 17.0. The predicted octanol–water partition coefficient (Wildman–Crippen LogP) is 3.17. The van der Waals surface area contributed by atoms with Gasteiger partial charge in [0.15, 0.2) is 14.6 Å². The van der Waals surface area contributed by atoms with Crippen molar-refractivity contribution >= 4 is 37.3 Å². The summed E-state index contributed by atoms with van der Waals surface area (Å²) >= 11 is 1.27. The minimum atomic E-state index is -3.72. The zero-order valence-corrected chi connectivity index (χ0v) is 18.3. The van der Waals surface area contributed by atoms with Gasteiger partial charge in [0.05, 0.1) is 24.9 Å². The van der Waals surface area contributed by atoms with Crippen molar-refractivity contribution in [2.45, 2.75) is 24.8 Å². The molecule has 0 radical (unpaired) electrons. The highest BCUT2D eigenvalue weighted by Crippen LogP contribution is 2.35. The monoisotopic (exact) mass is 452 g/mol. The molecule has 0 aliphatic carbocycles. The molecule has 1 aromatic heterocycles. The molecule has 3 aromatic rings. The number of hydrogen-bond acceptors (Lipinski definition) is 6. The molecule has 0 saturated heterocycles. The van der Waals surface area contributed by atoms with Gasteiger partial charge in [-0.1, -0.05) is 11.3 Å². The molecule has 0 atom stereocenters. The number of benzene rings is 2. The molecule has 7 nitrogen and oxygen atoms in total. The number of hydrogen-bond donors (Lipinski definition) is 0. The zero-order chi connectivity index (χ0) is 21.9. The van der Waals surface area contributed by atoms with Crippen LogP contribution in [0.1, 0.15) is 13.3 Å². The second-order valence-corrected chi connectivity index (χ2v) is 9.39. The van der Waals surface area contributed by atoms with Crippen LogP contribution >= 0.6 is 11.3 Å². The average Bonchev–Trinajstić information content (AvgIpc) is 3.10. The van der Waals surface area contributed by atoms with Crippen LogP contribution in [0.3, 0.4) is 0 Å². The molecular formula is C20H21FN2O5S2. The third kappa shape index (κ3) is 4.39. The van der Waals surface area contributed by atoms with Gasteiger partial charge in [-0.15, -0.1) is 0 Å². The lowest BCUT2D eigenvalue weighted by Crippen LogP contribution is -2.17. The Balaban J connectivity index is 1.92. The summed E-state index contributed by atoms with van der Waals surface area (Å²) in [6.45, 7) is 2.44. The van der Waals surface area contributed by atoms with Gasteiger partial charge in [-0.25, -0.2) is 12.8 Å². The maximum absolute atomic E-state index is 13.0. The van der Waals surface area contributed by atoms with Gasteiger partial charge < -0.3 is 14.0 Å². The van der Waals surface area contributed by atoms with Crippen LogP contribution in [0.2, 0.25) is 0 Å². The van der Waals surface area contributed by atoms with E-state index >= 15 is 0 Å². The van der Waals surface area contributed by atoms with Gasteiger partial charge in [0.1, 0.15) is 27.5 Å². The number of amides is 1. The number of halogens is 1. The Morgan fingerprint density at radius 2 is 1.73 bits per heavy atom. The van der Waals surface area contributed by atoms with E-state index in [0.29, 0.717) is 22.8 Å². The van der Waals surface area contributed by atoms with Crippen molar-refractivity contribution in [1.29, 1.82) is 0 Å². The highest BCUT2D eigenvalue weighted by atomic mass is 32.2. The van der Waals surface area contributed by atoms with Crippen LogP contribution in [0.25, 0.3) is 10.2 Å². The fraction of sp³-hybridized carbons (Fsp3) is 0.300. The first-order valence-electron chi connectivity index (χ1n) is 9.11. The highest BCUT2D eigenvalue weighted by molar-refractivity contribution is 7.91. The summed E-state index contributed by atoms with van der Waals surface area (Å²) < 4.78 is 51.2. The molecule has 0 spiro atoms. The van der Waals surface area contributed by atoms with E-state index in [1.54, 1.807) is 26.4 Å². The lowest BCUT2D eigenvalue weighted by molar-refractivity contribution is -0.117. The minimum absolute atomic E-state index is 0.0309. The number of rotatable bonds is 7. The molecule has 0 saturated carbocycles. The smallest absolute Gasteiger partial charge is 0.249 e. The van der Waals surface area contributed by atoms with Crippen LogP contribution < -0.4 is 14.3 Å². The fourth-order valence-electron chi connectivity index (χ4n) is 2.98. The van der Waals surface area contributed by atoms with Crippen LogP contribution in [0, 0.1) is 5.82 Å². The third-order valence-corrected chi connectivity index (χ3v) is 7.31. The molecule has 1 amide bonds. The SMILES string of the molecule is CCn1c(=NC(=O)CCS(=O)(=O)c2ccc(F)cc2)sc2c(OC)ccc(OC)c21. The molecule has 10 heteroatoms. The molecule has 0 aliphatic rings. The van der Waals surface area contributed by atoms with E-state index in [4.69, 9.17) is 9.47 Å². The molecule has 1 heterocycles. The number of methoxy groups -OCH3 is 2. The molecule has 160 valence electrons. The van der Waals surface area contributed by atoms with E-state index in [-0.39, 0.29) is 11.3 Å². The second kappa shape index (κ2) is 8.97. The lowest BCUT2D eigenvalue weighted by Gasteiger charge is -2.08. The molecular weight excluding hydrogens is 431 g/mol. The van der Waals surface area contributed by atoms with Gasteiger partial charge in [0, 0.05) is 13.0 Å². The highest BCUT2D eigenvalue weighted by Gasteiger charge is 2.18. The first kappa shape index (κ1) is 22.0. The Hall–Kier alpha value is -2.72. The zero-order valence-electron chi connectivity index (χ0n) is 16.7. The van der Waals surface area contributed by atoms with E-state index in [0.717, 1.165) is 22.3 Å². The van der Waals surface area contributed by atoms with E-state index in [9.17, 15) is 17.6 Å². The molecule has 0 N–H and O–H groups in total. The van der Waals surface area contributed by atoms with Crippen molar-refractivity contribution in [3.8, 4) is 11.5 Å². The maximum Gasteiger partial charge on any atom is 0.249 e. The standard InChI is InChI=1S/C20H21FN2O5S2/c1-4-23-18-15(27-2)9-10-16(28-3)19(18)29-20(23)22-17(24)11-12-30(25,26)14-7-5-13(21)6-8-14/h5-10H,4,11-12H2,1-3H3. The van der Waals surface area contributed by atoms with Crippen molar-refractivity contribution in [1.82, 2.24) is 4.57 Å². The average molecular weight is 453 g/mol. The van der Waals surface area contributed by atoms with Gasteiger partial charge in [-0.3, -0.25) is 4.79 Å². The van der Waals surface area contributed by atoms with E-state index < -0.39 is 27.3 Å². The molecule has 0 aliphatic heterocycles. The molecule has 3 rings (SSSR count). The topological polar surface area (TPSA) is 87.0 Å². The molecule has 0 fully saturated rings. The summed E-state index contributed by atoms with van der Waals surface area (Å²) in [6.07, 6.45) is -0.286. The van der Waals surface area contributed by atoms with Crippen LogP contribution in [-0.2, 0) is 21.2 Å². The van der Waals surface area contributed by atoms with E-state index in [2.05, 4.69) is 4.99 Å². The lowest BCUT2D eigenvalue weighted by atomic mass is 10.3. The van der Waals surface area contributed by atoms with Crippen LogP contribution in [-0.4, -0.2) is 38.9 Å². The number of nitrogens with zero attached hydrogens (tertiary/aromatic N) is 2. The quantitative estimate of drug-likeness (QED) is 0.514. The van der Waals surface area contributed by atoms with Gasteiger partial charge >= 0.3 is 0 Å². The molecule has 2 aromatic carbocycles. The van der Waals surface area contributed by atoms with E-state index in [1.807, 2.05) is 11.5 Å². The van der Waals surface area contributed by atoms with Crippen molar-refractivity contribution in [2.24, 2.45) is 4.99 Å². The number of carbonyl (C=O) groups is 1. The summed E-state index contributed by atoms with van der Waals surface area (Å²) in [5.74, 6) is -0.250. The Morgan fingerprint density at radius 1 is 1.10 bits per heavy atom. The number of carbonyl (C=O) groups excluding carboxylic acids is 1. The number of fused-ring (bicyclic) bond motifs is 1. The van der Waals surface area contributed by atoms with Crippen molar-refractivity contribution < 1.29 is 27.1 Å². The summed E-state index contributed by atoms with van der Waals surface area (Å²) in [5.41, 5.74) is 0.759. The third-order valence-electron chi connectivity index (χ3n) is 4.49. The van der Waals surface area contributed by atoms with Crippen molar-refractivity contribution in [3.63, 3.8) is 0 Å². The first-order chi connectivity index (χ1) is 14.3. The summed E-state index contributed by atoms with van der Waals surface area (Å²) in [5, 5.41) is 0. The Morgan fingerprint density at radius 3 is 2.33 bits per heavy atom. The largest absolute Gasteiger partial charge is 0.495 e. The Labute approximate surface area is 177 Å². The normalized spacial score (nSPS) is 12.3. The van der Waals surface area contributed by atoms with Gasteiger partial charge in [0.25, 0.3) is 0 Å². The van der Waals surface area contributed by atoms with Crippen LogP contribution in [0.5, 0.6) is 11.5 Å². The number of aryl methyl sites for hydroxylation is 1. The van der Waals surface area contributed by atoms with Gasteiger partial charge in [-0.05, 0) is 43.3 Å². The van der Waals surface area contributed by atoms with Crippen molar-refractivity contribution in [2.75, 3.05) is 20.0 Å². The van der Waals surface area contributed by atoms with Crippen LogP contribution in [0.15, 0.2) is 46.3 Å². The Kier molecular flexibility index (Phi) is 6.57. The van der Waals surface area contributed by atoms with E-state index in [1.165, 1.54) is 23.5 Å². The molecule has 0 bridgehead atoms. The number of thiazole rings is 1. The first-order valence-corrected chi connectivity index (χ1v) is 11.6. The number of ether oxygens (including phenoxy) is 2. The number of aromatic nitrogens is 1.